The highest BCUT2D eigenvalue weighted by molar-refractivity contribution is 5.96. The van der Waals surface area contributed by atoms with E-state index in [-0.39, 0.29) is 12.0 Å². The van der Waals surface area contributed by atoms with E-state index in [1.54, 1.807) is 23.2 Å². The number of hydrogen-bond donors (Lipinski definition) is 2. The van der Waals surface area contributed by atoms with E-state index in [9.17, 15) is 14.4 Å². The monoisotopic (exact) mass is 379 g/mol. The van der Waals surface area contributed by atoms with Crippen molar-refractivity contribution in [2.45, 2.75) is 18.9 Å². The maximum Gasteiger partial charge on any atom is 0.328 e. The van der Waals surface area contributed by atoms with Crippen LogP contribution in [0.15, 0.2) is 30.5 Å². The number of hydrogen-bond acceptors (Lipinski definition) is 6. The van der Waals surface area contributed by atoms with Crippen LogP contribution in [0, 0.1) is 0 Å². The van der Waals surface area contributed by atoms with Crippen molar-refractivity contribution < 1.29 is 29.3 Å². The molecule has 2 heterocycles. The first-order valence-electron chi connectivity index (χ1n) is 8.36. The van der Waals surface area contributed by atoms with Crippen LogP contribution in [0.25, 0.3) is 0 Å². The number of fused-ring (bicyclic) bond motifs is 1. The summed E-state index contributed by atoms with van der Waals surface area (Å²) in [7, 11) is 5.92. The zero-order valence-corrected chi connectivity index (χ0v) is 15.7. The summed E-state index contributed by atoms with van der Waals surface area (Å²) in [5.41, 5.74) is 0.556. The quantitative estimate of drug-likeness (QED) is 0.702. The number of rotatable bonds is 6. The number of aromatic nitrogens is 1. The maximum atomic E-state index is 12.2. The Morgan fingerprint density at radius 1 is 1.33 bits per heavy atom. The average molecular weight is 379 g/mol. The summed E-state index contributed by atoms with van der Waals surface area (Å²) in [6, 6.07) is 3.53. The highest BCUT2D eigenvalue weighted by Gasteiger charge is 2.27. The van der Waals surface area contributed by atoms with Gasteiger partial charge in [0.2, 0.25) is 5.88 Å². The topological polar surface area (TPSA) is 120 Å². The molecule has 2 rings (SSSR count). The maximum absolute atomic E-state index is 12.2. The fraction of sp³-hybridized carbons (Fsp3) is 0.444. The minimum atomic E-state index is -1.26. The van der Waals surface area contributed by atoms with E-state index >= 15 is 0 Å². The van der Waals surface area contributed by atoms with Crippen molar-refractivity contribution in [2.24, 2.45) is 0 Å². The third-order valence-corrected chi connectivity index (χ3v) is 3.60. The molecule has 1 aliphatic heterocycles. The Morgan fingerprint density at radius 2 is 1.96 bits per heavy atom. The lowest BCUT2D eigenvalue weighted by Crippen LogP contribution is -2.34. The fourth-order valence-corrected chi connectivity index (χ4v) is 2.36. The van der Waals surface area contributed by atoms with Crippen LogP contribution < -0.4 is 4.74 Å². The van der Waals surface area contributed by atoms with Gasteiger partial charge in [0.05, 0.1) is 6.54 Å². The second-order valence-corrected chi connectivity index (χ2v) is 6.24. The van der Waals surface area contributed by atoms with Crippen molar-refractivity contribution in [3.63, 3.8) is 0 Å². The predicted octanol–water partition coefficient (Wildman–Crippen LogP) is 0.968. The molecule has 0 aromatic carbocycles. The number of aliphatic carboxylic acids is 2. The molecule has 9 heteroatoms. The normalized spacial score (nSPS) is 16.2. The van der Waals surface area contributed by atoms with E-state index in [1.807, 2.05) is 7.05 Å². The van der Waals surface area contributed by atoms with Gasteiger partial charge in [-0.2, -0.15) is 0 Å². The van der Waals surface area contributed by atoms with Gasteiger partial charge >= 0.3 is 11.9 Å². The van der Waals surface area contributed by atoms with Gasteiger partial charge in [0.25, 0.3) is 5.91 Å². The molecule has 1 aromatic rings. The molecule has 0 aliphatic carbocycles. The molecular formula is C18H25N3O6. The molecule has 0 radical (unpaired) electrons. The summed E-state index contributed by atoms with van der Waals surface area (Å²) < 4.78 is 5.89. The van der Waals surface area contributed by atoms with Crippen LogP contribution in [0.4, 0.5) is 0 Å². The van der Waals surface area contributed by atoms with Crippen molar-refractivity contribution in [3.8, 4) is 5.88 Å². The largest absolute Gasteiger partial charge is 0.478 e. The molecule has 0 saturated carbocycles. The number of ether oxygens (including phenoxy) is 1. The Morgan fingerprint density at radius 3 is 2.52 bits per heavy atom. The third kappa shape index (κ3) is 8.32. The molecule has 9 nitrogen and oxygen atoms in total. The molecule has 1 unspecified atom stereocenters. The molecular weight excluding hydrogens is 354 g/mol. The summed E-state index contributed by atoms with van der Waals surface area (Å²) in [4.78, 5) is 39.3. The van der Waals surface area contributed by atoms with Crippen molar-refractivity contribution in [1.29, 1.82) is 0 Å². The molecule has 148 valence electrons. The van der Waals surface area contributed by atoms with Gasteiger partial charge in [0.1, 0.15) is 11.7 Å². The summed E-state index contributed by atoms with van der Waals surface area (Å²) in [6.07, 6.45) is 4.76. The van der Waals surface area contributed by atoms with E-state index in [1.165, 1.54) is 0 Å². The van der Waals surface area contributed by atoms with Crippen molar-refractivity contribution in [3.05, 3.63) is 36.0 Å². The lowest BCUT2D eigenvalue weighted by Gasteiger charge is -2.20. The highest BCUT2D eigenvalue weighted by Crippen LogP contribution is 2.23. The van der Waals surface area contributed by atoms with Crippen LogP contribution in [0.1, 0.15) is 23.2 Å². The van der Waals surface area contributed by atoms with Gasteiger partial charge in [0, 0.05) is 25.4 Å². The molecule has 2 N–H and O–H groups in total. The summed E-state index contributed by atoms with van der Waals surface area (Å²) in [6.45, 7) is 1.63. The second kappa shape index (κ2) is 10.9. The third-order valence-electron chi connectivity index (χ3n) is 3.60. The minimum absolute atomic E-state index is 0.0155. The summed E-state index contributed by atoms with van der Waals surface area (Å²) in [5.74, 6) is -2.07. The molecule has 0 saturated heterocycles. The fourth-order valence-electron chi connectivity index (χ4n) is 2.36. The van der Waals surface area contributed by atoms with Crippen molar-refractivity contribution >= 4 is 17.8 Å². The number of carbonyl (C=O) groups excluding carboxylic acids is 1. The standard InChI is InChI=1S/C14H21N3O2.C4H4O4/c1-16(2)9-5-6-11-10-17(3)14(18)12-7-4-8-15-13(12)19-11;5-3(6)1-2-4(7)8/h4,7-8,11H,5-6,9-10H2,1-3H3;1-2H,(H,5,6)(H,7,8)/b;2-1+. The van der Waals surface area contributed by atoms with E-state index < -0.39 is 11.9 Å². The second-order valence-electron chi connectivity index (χ2n) is 6.24. The smallest absolute Gasteiger partial charge is 0.328 e. The zero-order valence-electron chi connectivity index (χ0n) is 15.7. The average Bonchev–Trinajstić information content (AvgIpc) is 2.71. The Kier molecular flexibility index (Phi) is 8.94. The van der Waals surface area contributed by atoms with Gasteiger partial charge in [-0.3, -0.25) is 4.79 Å². The van der Waals surface area contributed by atoms with E-state index in [0.29, 0.717) is 30.1 Å². The number of carboxylic acids is 2. The molecule has 1 atom stereocenters. The van der Waals surface area contributed by atoms with Gasteiger partial charge in [0.15, 0.2) is 0 Å². The van der Waals surface area contributed by atoms with Gasteiger partial charge < -0.3 is 24.7 Å². The Labute approximate surface area is 157 Å². The zero-order chi connectivity index (χ0) is 20.4. The summed E-state index contributed by atoms with van der Waals surface area (Å²) in [5, 5.41) is 15.6. The van der Waals surface area contributed by atoms with Crippen LogP contribution in [0.3, 0.4) is 0 Å². The SMILES string of the molecule is CN(C)CCCC1CN(C)C(=O)c2cccnc2O1.O=C(O)/C=C/C(=O)O. The van der Waals surface area contributed by atoms with Gasteiger partial charge in [-0.15, -0.1) is 0 Å². The first-order chi connectivity index (χ1) is 12.7. The first-order valence-corrected chi connectivity index (χ1v) is 8.36. The van der Waals surface area contributed by atoms with Crippen LogP contribution in [-0.4, -0.2) is 83.2 Å². The van der Waals surface area contributed by atoms with Crippen LogP contribution in [0.5, 0.6) is 5.88 Å². The number of carbonyl (C=O) groups is 3. The number of amides is 1. The number of carboxylic acid groups (broad SMARTS) is 2. The molecule has 1 aromatic heterocycles. The number of likely N-dealkylation sites (N-methyl/N-ethyl adjacent to an activating group) is 1. The van der Waals surface area contributed by atoms with Crippen LogP contribution in [0.2, 0.25) is 0 Å². The molecule has 1 amide bonds. The van der Waals surface area contributed by atoms with E-state index in [2.05, 4.69) is 24.0 Å². The minimum Gasteiger partial charge on any atom is -0.478 e. The molecule has 1 aliphatic rings. The van der Waals surface area contributed by atoms with Crippen molar-refractivity contribution in [1.82, 2.24) is 14.8 Å². The first kappa shape index (κ1) is 22.1. The Bertz CT molecular complexity index is 673. The van der Waals surface area contributed by atoms with Gasteiger partial charge in [-0.25, -0.2) is 14.6 Å². The van der Waals surface area contributed by atoms with Gasteiger partial charge in [-0.1, -0.05) is 0 Å². The lowest BCUT2D eigenvalue weighted by atomic mass is 10.2. The molecule has 0 fully saturated rings. The van der Waals surface area contributed by atoms with Crippen LogP contribution >= 0.6 is 0 Å². The Balaban J connectivity index is 0.000000387. The van der Waals surface area contributed by atoms with Gasteiger partial charge in [-0.05, 0) is 45.6 Å². The van der Waals surface area contributed by atoms with E-state index in [0.717, 1.165) is 19.4 Å². The molecule has 0 spiro atoms. The summed E-state index contributed by atoms with van der Waals surface area (Å²) >= 11 is 0. The molecule has 27 heavy (non-hydrogen) atoms. The highest BCUT2D eigenvalue weighted by atomic mass is 16.5. The molecule has 0 bridgehead atoms. The van der Waals surface area contributed by atoms with Crippen molar-refractivity contribution in [2.75, 3.05) is 34.2 Å². The van der Waals surface area contributed by atoms with E-state index in [4.69, 9.17) is 14.9 Å². The number of nitrogens with zero attached hydrogens (tertiary/aromatic N) is 3. The lowest BCUT2D eigenvalue weighted by molar-refractivity contribution is -0.134. The number of pyridine rings is 1. The Hall–Kier alpha value is -2.94. The van der Waals surface area contributed by atoms with Crippen LogP contribution in [-0.2, 0) is 9.59 Å². The predicted molar refractivity (Wildman–Crippen MR) is 97.8 cm³/mol.